The van der Waals surface area contributed by atoms with E-state index in [4.69, 9.17) is 36.1 Å². The fourth-order valence-corrected chi connectivity index (χ4v) is 3.83. The van der Waals surface area contributed by atoms with Gasteiger partial charge in [0, 0.05) is 36.2 Å². The number of halogens is 1. The topological polar surface area (TPSA) is 105 Å². The first-order valence-electron chi connectivity index (χ1n) is 11.1. The number of nitrogens with zero attached hydrogens (tertiary/aromatic N) is 3. The van der Waals surface area contributed by atoms with Crippen LogP contribution >= 0.6 is 11.6 Å². The Morgan fingerprint density at radius 1 is 1.00 bits per heavy atom. The molecule has 3 aromatic rings. The summed E-state index contributed by atoms with van der Waals surface area (Å²) in [6.07, 6.45) is 10.1. The van der Waals surface area contributed by atoms with E-state index in [0.29, 0.717) is 0 Å². The SMILES string of the molecule is Clc1ccc(CCC(Cn2ccnc2)Oc2ccc(N3CCCC3)cc2)cc1.O=C(O)C(=O)O. The molecule has 1 aliphatic rings. The van der Waals surface area contributed by atoms with Gasteiger partial charge in [-0.1, -0.05) is 23.7 Å². The van der Waals surface area contributed by atoms with Crippen LogP contribution in [0.3, 0.4) is 0 Å². The Labute approximate surface area is 203 Å². The van der Waals surface area contributed by atoms with Crippen molar-refractivity contribution in [3.05, 3.63) is 77.8 Å². The molecule has 2 heterocycles. The van der Waals surface area contributed by atoms with Crippen LogP contribution in [0.2, 0.25) is 5.02 Å². The molecule has 0 amide bonds. The number of aryl methyl sites for hydroxylation is 1. The highest BCUT2D eigenvalue weighted by molar-refractivity contribution is 6.30. The Kier molecular flexibility index (Phi) is 9.34. The first kappa shape index (κ1) is 25.1. The van der Waals surface area contributed by atoms with E-state index in [1.165, 1.54) is 24.1 Å². The first-order chi connectivity index (χ1) is 16.4. The van der Waals surface area contributed by atoms with E-state index < -0.39 is 11.9 Å². The minimum atomic E-state index is -1.82. The van der Waals surface area contributed by atoms with Crippen molar-refractivity contribution in [3.8, 4) is 5.75 Å². The smallest absolute Gasteiger partial charge is 0.414 e. The fraction of sp³-hybridized carbons (Fsp3) is 0.320. The van der Waals surface area contributed by atoms with Crippen LogP contribution < -0.4 is 9.64 Å². The van der Waals surface area contributed by atoms with Crippen LogP contribution in [0, 0.1) is 0 Å². The van der Waals surface area contributed by atoms with Crippen molar-refractivity contribution in [2.75, 3.05) is 18.0 Å². The zero-order valence-electron chi connectivity index (χ0n) is 18.7. The quantitative estimate of drug-likeness (QED) is 0.456. The number of rotatable bonds is 8. The molecule has 180 valence electrons. The third kappa shape index (κ3) is 8.12. The largest absolute Gasteiger partial charge is 0.489 e. The number of ether oxygens (including phenoxy) is 1. The molecule has 1 aromatic heterocycles. The van der Waals surface area contributed by atoms with Crippen molar-refractivity contribution < 1.29 is 24.5 Å². The van der Waals surface area contributed by atoms with Gasteiger partial charge in [0.1, 0.15) is 11.9 Å². The van der Waals surface area contributed by atoms with Crippen LogP contribution in [0.4, 0.5) is 5.69 Å². The minimum Gasteiger partial charge on any atom is -0.489 e. The van der Waals surface area contributed by atoms with Gasteiger partial charge in [-0.15, -0.1) is 0 Å². The monoisotopic (exact) mass is 485 g/mol. The summed E-state index contributed by atoms with van der Waals surface area (Å²) in [6.45, 7) is 3.09. The number of aromatic nitrogens is 2. The number of hydrogen-bond acceptors (Lipinski definition) is 5. The summed E-state index contributed by atoms with van der Waals surface area (Å²) in [5, 5.41) is 15.6. The molecule has 1 aliphatic heterocycles. The number of imidazole rings is 1. The van der Waals surface area contributed by atoms with Crippen molar-refractivity contribution in [2.24, 2.45) is 0 Å². The number of carbonyl (C=O) groups is 2. The van der Waals surface area contributed by atoms with Crippen LogP contribution in [-0.2, 0) is 22.6 Å². The number of hydrogen-bond donors (Lipinski definition) is 2. The molecule has 4 rings (SSSR count). The highest BCUT2D eigenvalue weighted by atomic mass is 35.5. The van der Waals surface area contributed by atoms with Gasteiger partial charge >= 0.3 is 11.9 Å². The van der Waals surface area contributed by atoms with Gasteiger partial charge < -0.3 is 24.4 Å². The van der Waals surface area contributed by atoms with E-state index in [2.05, 4.69) is 50.8 Å². The van der Waals surface area contributed by atoms with E-state index in [9.17, 15) is 0 Å². The molecule has 2 aromatic carbocycles. The Morgan fingerprint density at radius 3 is 2.21 bits per heavy atom. The van der Waals surface area contributed by atoms with Gasteiger partial charge in [0.05, 0.1) is 12.9 Å². The second-order valence-corrected chi connectivity index (χ2v) is 8.40. The summed E-state index contributed by atoms with van der Waals surface area (Å²) in [5.74, 6) is -2.73. The maximum absolute atomic E-state index is 9.10. The minimum absolute atomic E-state index is 0.0718. The summed E-state index contributed by atoms with van der Waals surface area (Å²) >= 11 is 6.00. The van der Waals surface area contributed by atoms with Crippen LogP contribution in [0.5, 0.6) is 5.75 Å². The van der Waals surface area contributed by atoms with E-state index in [0.717, 1.165) is 43.2 Å². The van der Waals surface area contributed by atoms with Crippen LogP contribution in [-0.4, -0.2) is 50.9 Å². The molecule has 1 atom stereocenters. The van der Waals surface area contributed by atoms with Crippen molar-refractivity contribution in [1.82, 2.24) is 9.55 Å². The highest BCUT2D eigenvalue weighted by Crippen LogP contribution is 2.24. The van der Waals surface area contributed by atoms with E-state index >= 15 is 0 Å². The zero-order chi connectivity index (χ0) is 24.3. The Morgan fingerprint density at radius 2 is 1.65 bits per heavy atom. The average molecular weight is 486 g/mol. The molecule has 0 bridgehead atoms. The zero-order valence-corrected chi connectivity index (χ0v) is 19.5. The maximum Gasteiger partial charge on any atom is 0.414 e. The van der Waals surface area contributed by atoms with E-state index in [-0.39, 0.29) is 6.10 Å². The van der Waals surface area contributed by atoms with Gasteiger partial charge in [-0.3, -0.25) is 0 Å². The molecule has 0 spiro atoms. The number of anilines is 1. The summed E-state index contributed by atoms with van der Waals surface area (Å²) in [7, 11) is 0. The van der Waals surface area contributed by atoms with Crippen molar-refractivity contribution in [1.29, 1.82) is 0 Å². The molecule has 1 unspecified atom stereocenters. The molecule has 34 heavy (non-hydrogen) atoms. The lowest BCUT2D eigenvalue weighted by Crippen LogP contribution is -2.23. The summed E-state index contributed by atoms with van der Waals surface area (Å²) in [4.78, 5) is 24.8. The predicted octanol–water partition coefficient (Wildman–Crippen LogP) is 4.37. The summed E-state index contributed by atoms with van der Waals surface area (Å²) in [6, 6.07) is 16.6. The van der Waals surface area contributed by atoms with Crippen molar-refractivity contribution in [3.63, 3.8) is 0 Å². The highest BCUT2D eigenvalue weighted by Gasteiger charge is 2.15. The van der Waals surface area contributed by atoms with Gasteiger partial charge in [0.25, 0.3) is 0 Å². The van der Waals surface area contributed by atoms with Crippen molar-refractivity contribution in [2.45, 2.75) is 38.3 Å². The number of carboxylic acids is 2. The molecule has 0 aliphatic carbocycles. The third-order valence-corrected chi connectivity index (χ3v) is 5.69. The number of benzene rings is 2. The molecule has 0 saturated carbocycles. The third-order valence-electron chi connectivity index (χ3n) is 5.44. The van der Waals surface area contributed by atoms with Gasteiger partial charge in [-0.25, -0.2) is 14.6 Å². The average Bonchev–Trinajstić information content (AvgIpc) is 3.54. The second-order valence-electron chi connectivity index (χ2n) is 7.96. The first-order valence-corrected chi connectivity index (χ1v) is 11.5. The molecule has 1 fully saturated rings. The summed E-state index contributed by atoms with van der Waals surface area (Å²) in [5.41, 5.74) is 2.56. The molecule has 8 nitrogen and oxygen atoms in total. The van der Waals surface area contributed by atoms with Crippen LogP contribution in [0.25, 0.3) is 0 Å². The molecular formula is C25H28ClN3O5. The molecule has 0 radical (unpaired) electrons. The Bertz CT molecular complexity index is 1020. The van der Waals surface area contributed by atoms with Gasteiger partial charge in [0.15, 0.2) is 0 Å². The second kappa shape index (κ2) is 12.6. The number of carboxylic acid groups (broad SMARTS) is 2. The van der Waals surface area contributed by atoms with Crippen LogP contribution in [0.1, 0.15) is 24.8 Å². The summed E-state index contributed by atoms with van der Waals surface area (Å²) < 4.78 is 8.43. The standard InChI is InChI=1S/C23H26ClN3O.C2H2O4/c24-20-6-3-19(4-7-20)5-10-23(17-26-16-13-25-18-26)28-22-11-8-21(9-12-22)27-14-1-2-15-27;3-1(4)2(5)6/h3-4,6-9,11-13,16,18,23H,1-2,5,10,14-15,17H2;(H,3,4)(H,5,6). The van der Waals surface area contributed by atoms with Gasteiger partial charge in [-0.05, 0) is 67.6 Å². The predicted molar refractivity (Wildman–Crippen MR) is 130 cm³/mol. The van der Waals surface area contributed by atoms with E-state index in [1.54, 1.807) is 6.20 Å². The molecule has 9 heteroatoms. The molecule has 1 saturated heterocycles. The lowest BCUT2D eigenvalue weighted by molar-refractivity contribution is -0.159. The Hall–Kier alpha value is -3.52. The normalized spacial score (nSPS) is 13.6. The van der Waals surface area contributed by atoms with Crippen LogP contribution in [0.15, 0.2) is 67.3 Å². The Balaban J connectivity index is 0.000000481. The van der Waals surface area contributed by atoms with E-state index in [1.807, 2.05) is 24.7 Å². The van der Waals surface area contributed by atoms with Crippen molar-refractivity contribution >= 4 is 29.2 Å². The molecular weight excluding hydrogens is 458 g/mol. The fourth-order valence-electron chi connectivity index (χ4n) is 3.70. The van der Waals surface area contributed by atoms with Gasteiger partial charge in [-0.2, -0.15) is 0 Å². The lowest BCUT2D eigenvalue weighted by Gasteiger charge is -2.21. The molecule has 2 N–H and O–H groups in total. The number of aliphatic carboxylic acids is 2. The maximum atomic E-state index is 9.10. The lowest BCUT2D eigenvalue weighted by atomic mass is 10.1. The van der Waals surface area contributed by atoms with Gasteiger partial charge in [0.2, 0.25) is 0 Å².